The molecule has 0 bridgehead atoms. The van der Waals surface area contributed by atoms with Gasteiger partial charge in [-0.05, 0) is 37.6 Å². The highest BCUT2D eigenvalue weighted by Gasteiger charge is 2.22. The SMILES string of the molecule is C[C@@H]1CN(Cc2ccc(-c3cccnc3N3CCC(=O)CC3)nc2)C[C@H](C)N1. The predicted molar refractivity (Wildman–Crippen MR) is 111 cm³/mol. The number of piperazine rings is 1. The fourth-order valence-electron chi connectivity index (χ4n) is 4.32. The van der Waals surface area contributed by atoms with Gasteiger partial charge >= 0.3 is 0 Å². The van der Waals surface area contributed by atoms with Crippen molar-refractivity contribution in [1.82, 2.24) is 20.2 Å². The van der Waals surface area contributed by atoms with Gasteiger partial charge in [0.05, 0.1) is 5.69 Å². The average Bonchev–Trinajstić information content (AvgIpc) is 2.68. The molecule has 2 atom stereocenters. The van der Waals surface area contributed by atoms with E-state index in [1.165, 1.54) is 5.56 Å². The minimum atomic E-state index is 0.341. The number of anilines is 1. The highest BCUT2D eigenvalue weighted by Crippen LogP contribution is 2.29. The second kappa shape index (κ2) is 8.37. The molecule has 6 nitrogen and oxygen atoms in total. The first-order valence-corrected chi connectivity index (χ1v) is 10.2. The van der Waals surface area contributed by atoms with E-state index in [1.807, 2.05) is 18.5 Å². The van der Waals surface area contributed by atoms with Crippen LogP contribution >= 0.6 is 0 Å². The van der Waals surface area contributed by atoms with Crippen LogP contribution in [0.25, 0.3) is 11.3 Å². The van der Waals surface area contributed by atoms with Gasteiger partial charge in [-0.25, -0.2) is 4.98 Å². The first-order chi connectivity index (χ1) is 13.6. The van der Waals surface area contributed by atoms with Crippen LogP contribution in [-0.2, 0) is 11.3 Å². The lowest BCUT2D eigenvalue weighted by Crippen LogP contribution is -2.53. The molecule has 0 saturated carbocycles. The lowest BCUT2D eigenvalue weighted by molar-refractivity contribution is -0.119. The molecule has 148 valence electrons. The number of piperidine rings is 1. The van der Waals surface area contributed by atoms with E-state index in [9.17, 15) is 4.79 Å². The van der Waals surface area contributed by atoms with Crippen LogP contribution < -0.4 is 10.2 Å². The van der Waals surface area contributed by atoms with E-state index in [-0.39, 0.29) is 0 Å². The van der Waals surface area contributed by atoms with Crippen LogP contribution in [0.3, 0.4) is 0 Å². The fraction of sp³-hybridized carbons (Fsp3) is 0.500. The molecule has 0 spiro atoms. The summed E-state index contributed by atoms with van der Waals surface area (Å²) in [4.78, 5) is 25.6. The molecule has 0 aromatic carbocycles. The van der Waals surface area contributed by atoms with Gasteiger partial charge in [0.15, 0.2) is 0 Å². The number of nitrogens with zero attached hydrogens (tertiary/aromatic N) is 4. The van der Waals surface area contributed by atoms with Crippen molar-refractivity contribution in [3.05, 3.63) is 42.2 Å². The summed E-state index contributed by atoms with van der Waals surface area (Å²) in [5, 5.41) is 3.58. The quantitative estimate of drug-likeness (QED) is 0.881. The largest absolute Gasteiger partial charge is 0.355 e. The summed E-state index contributed by atoms with van der Waals surface area (Å²) in [5.74, 6) is 1.27. The molecular formula is C22H29N5O. The Morgan fingerprint density at radius 1 is 1.07 bits per heavy atom. The van der Waals surface area contributed by atoms with Crippen LogP contribution in [0.2, 0.25) is 0 Å². The number of carbonyl (C=O) groups is 1. The second-order valence-corrected chi connectivity index (χ2v) is 8.11. The molecule has 4 heterocycles. The lowest BCUT2D eigenvalue weighted by atomic mass is 10.1. The topological polar surface area (TPSA) is 61.4 Å². The first-order valence-electron chi connectivity index (χ1n) is 10.2. The third-order valence-electron chi connectivity index (χ3n) is 5.55. The molecule has 2 saturated heterocycles. The number of pyridine rings is 2. The molecule has 2 aromatic rings. The van der Waals surface area contributed by atoms with Crippen molar-refractivity contribution in [2.45, 2.75) is 45.3 Å². The van der Waals surface area contributed by atoms with E-state index in [4.69, 9.17) is 4.98 Å². The number of ketones is 1. The summed E-state index contributed by atoms with van der Waals surface area (Å²) in [5.41, 5.74) is 3.21. The lowest BCUT2D eigenvalue weighted by Gasteiger charge is -2.36. The Morgan fingerprint density at radius 2 is 1.82 bits per heavy atom. The molecule has 0 aliphatic carbocycles. The Labute approximate surface area is 167 Å². The van der Waals surface area contributed by atoms with E-state index in [1.54, 1.807) is 0 Å². The van der Waals surface area contributed by atoms with Crippen LogP contribution in [-0.4, -0.2) is 58.9 Å². The van der Waals surface area contributed by atoms with Crippen molar-refractivity contribution in [2.75, 3.05) is 31.1 Å². The minimum absolute atomic E-state index is 0.341. The van der Waals surface area contributed by atoms with Crippen LogP contribution in [0.4, 0.5) is 5.82 Å². The van der Waals surface area contributed by atoms with Gasteiger partial charge in [0.2, 0.25) is 0 Å². The maximum atomic E-state index is 11.6. The molecule has 1 N–H and O–H groups in total. The number of Topliss-reactive ketones (excluding diaryl/α,β-unsaturated/α-hetero) is 1. The number of hydrogen-bond acceptors (Lipinski definition) is 6. The number of hydrogen-bond donors (Lipinski definition) is 1. The molecular weight excluding hydrogens is 350 g/mol. The molecule has 28 heavy (non-hydrogen) atoms. The van der Waals surface area contributed by atoms with Crippen molar-refractivity contribution in [3.8, 4) is 11.3 Å². The second-order valence-electron chi connectivity index (χ2n) is 8.11. The monoisotopic (exact) mass is 379 g/mol. The van der Waals surface area contributed by atoms with Crippen LogP contribution in [0.15, 0.2) is 36.7 Å². The van der Waals surface area contributed by atoms with E-state index in [0.29, 0.717) is 30.7 Å². The summed E-state index contributed by atoms with van der Waals surface area (Å²) in [6.07, 6.45) is 5.01. The zero-order chi connectivity index (χ0) is 19.5. The zero-order valence-corrected chi connectivity index (χ0v) is 16.8. The molecule has 2 aliphatic heterocycles. The zero-order valence-electron chi connectivity index (χ0n) is 16.8. The standard InChI is InChI=1S/C22H29N5O/c1-16-13-26(14-17(2)25-16)15-18-5-6-21(24-12-18)20-4-3-9-23-22(20)27-10-7-19(28)8-11-27/h3-6,9,12,16-17,25H,7-8,10-11,13-15H2,1-2H3/t16-,17+. The van der Waals surface area contributed by atoms with Gasteiger partial charge in [-0.2, -0.15) is 0 Å². The molecule has 0 radical (unpaired) electrons. The van der Waals surface area contributed by atoms with Crippen molar-refractivity contribution in [2.24, 2.45) is 0 Å². The first kappa shape index (κ1) is 19.0. The molecule has 2 aromatic heterocycles. The van der Waals surface area contributed by atoms with Gasteiger partial charge in [-0.15, -0.1) is 0 Å². The molecule has 2 aliphatic rings. The molecule has 6 heteroatoms. The predicted octanol–water partition coefficient (Wildman–Crippen LogP) is 2.50. The smallest absolute Gasteiger partial charge is 0.138 e. The summed E-state index contributed by atoms with van der Waals surface area (Å²) >= 11 is 0. The summed E-state index contributed by atoms with van der Waals surface area (Å²) in [7, 11) is 0. The van der Waals surface area contributed by atoms with E-state index >= 15 is 0 Å². The van der Waals surface area contributed by atoms with Gasteiger partial charge in [0.1, 0.15) is 11.6 Å². The van der Waals surface area contributed by atoms with E-state index < -0.39 is 0 Å². The number of aromatic nitrogens is 2. The van der Waals surface area contributed by atoms with Gasteiger partial charge in [-0.3, -0.25) is 14.7 Å². The Bertz CT molecular complexity index is 802. The van der Waals surface area contributed by atoms with Crippen LogP contribution in [0, 0.1) is 0 Å². The highest BCUT2D eigenvalue weighted by atomic mass is 16.1. The van der Waals surface area contributed by atoms with Crippen LogP contribution in [0.5, 0.6) is 0 Å². The average molecular weight is 380 g/mol. The Hall–Kier alpha value is -2.31. The highest BCUT2D eigenvalue weighted by molar-refractivity contribution is 5.82. The summed E-state index contributed by atoms with van der Waals surface area (Å²) < 4.78 is 0. The summed E-state index contributed by atoms with van der Waals surface area (Å²) in [6.45, 7) is 9.00. The van der Waals surface area contributed by atoms with Gasteiger partial charge in [-0.1, -0.05) is 6.07 Å². The normalized spacial score (nSPS) is 23.8. The molecule has 0 amide bonds. The third kappa shape index (κ3) is 4.39. The minimum Gasteiger partial charge on any atom is -0.355 e. The van der Waals surface area contributed by atoms with Crippen molar-refractivity contribution in [1.29, 1.82) is 0 Å². The maximum Gasteiger partial charge on any atom is 0.138 e. The van der Waals surface area contributed by atoms with Crippen molar-refractivity contribution < 1.29 is 4.79 Å². The number of carbonyl (C=O) groups excluding carboxylic acids is 1. The molecule has 0 unspecified atom stereocenters. The molecule has 4 rings (SSSR count). The van der Waals surface area contributed by atoms with Crippen molar-refractivity contribution in [3.63, 3.8) is 0 Å². The van der Waals surface area contributed by atoms with Crippen LogP contribution in [0.1, 0.15) is 32.3 Å². The van der Waals surface area contributed by atoms with Crippen molar-refractivity contribution >= 4 is 11.6 Å². The Morgan fingerprint density at radius 3 is 2.50 bits per heavy atom. The number of nitrogens with one attached hydrogen (secondary N) is 1. The fourth-order valence-corrected chi connectivity index (χ4v) is 4.32. The molecule has 2 fully saturated rings. The third-order valence-corrected chi connectivity index (χ3v) is 5.55. The number of rotatable bonds is 4. The van der Waals surface area contributed by atoms with Gasteiger partial charge < -0.3 is 10.2 Å². The van der Waals surface area contributed by atoms with E-state index in [2.05, 4.69) is 52.1 Å². The summed E-state index contributed by atoms with van der Waals surface area (Å²) in [6, 6.07) is 9.33. The van der Waals surface area contributed by atoms with E-state index in [0.717, 1.165) is 49.8 Å². The van der Waals surface area contributed by atoms with Gasteiger partial charge in [0.25, 0.3) is 0 Å². The Balaban J connectivity index is 1.49. The maximum absolute atomic E-state index is 11.6. The van der Waals surface area contributed by atoms with Gasteiger partial charge in [0, 0.05) is 75.6 Å². The Kier molecular flexibility index (Phi) is 5.69.